The van der Waals surface area contributed by atoms with Crippen LogP contribution in [0.1, 0.15) is 23.2 Å². The second kappa shape index (κ2) is 9.86. The zero-order chi connectivity index (χ0) is 20.6. The van der Waals surface area contributed by atoms with Gasteiger partial charge in [-0.15, -0.1) is 0 Å². The van der Waals surface area contributed by atoms with Gasteiger partial charge in [0.05, 0.1) is 12.6 Å². The molecular weight excluding hydrogens is 374 g/mol. The van der Waals surface area contributed by atoms with Gasteiger partial charge in [0.15, 0.2) is 0 Å². The Morgan fingerprint density at radius 3 is 2.59 bits per heavy atom. The molecule has 3 rings (SSSR count). The van der Waals surface area contributed by atoms with E-state index in [2.05, 4.69) is 5.32 Å². The van der Waals surface area contributed by atoms with Gasteiger partial charge in [-0.05, 0) is 30.7 Å². The Bertz CT molecular complexity index is 930. The highest BCUT2D eigenvalue weighted by atomic mass is 16.7. The molecule has 2 N–H and O–H groups in total. The average Bonchev–Trinajstić information content (AvgIpc) is 3.16. The number of hydrogen-bond acceptors (Lipinski definition) is 5. The van der Waals surface area contributed by atoms with E-state index in [0.29, 0.717) is 5.56 Å². The number of furan rings is 1. The number of amides is 1. The van der Waals surface area contributed by atoms with E-state index in [1.807, 2.05) is 42.5 Å². The molecule has 1 aromatic heterocycles. The zero-order valence-electron chi connectivity index (χ0n) is 16.1. The molecule has 7 nitrogen and oxygen atoms in total. The van der Waals surface area contributed by atoms with Gasteiger partial charge in [0, 0.05) is 30.0 Å². The lowest BCUT2D eigenvalue weighted by Crippen LogP contribution is -2.38. The predicted octanol–water partition coefficient (Wildman–Crippen LogP) is 3.68. The molecular formula is C22H23NO6. The molecule has 152 valence electrons. The minimum Gasteiger partial charge on any atom is -0.481 e. The molecule has 0 fully saturated rings. The Labute approximate surface area is 168 Å². The fourth-order valence-corrected chi connectivity index (χ4v) is 2.95. The number of fused-ring (bicyclic) bond motifs is 1. The number of carboxylic acids is 1. The standard InChI is InChI=1S/C22H23NO6/c1-27-14-28-13-18(10-11-21(24)25)23-22(26)16-8-6-15(7-9-16)20-12-17-4-2-3-5-19(17)29-20/h2-9,12,18H,10-11,13-14H2,1H3,(H,23,26)(H,24,25). The van der Waals surface area contributed by atoms with Crippen LogP contribution in [0.2, 0.25) is 0 Å². The van der Waals surface area contributed by atoms with E-state index in [4.69, 9.17) is 19.0 Å². The third kappa shape index (κ3) is 5.66. The van der Waals surface area contributed by atoms with E-state index in [1.165, 1.54) is 7.11 Å². The smallest absolute Gasteiger partial charge is 0.303 e. The topological polar surface area (TPSA) is 98.0 Å². The van der Waals surface area contributed by atoms with Gasteiger partial charge in [-0.3, -0.25) is 9.59 Å². The largest absolute Gasteiger partial charge is 0.481 e. The van der Waals surface area contributed by atoms with Crippen molar-refractivity contribution in [3.8, 4) is 11.3 Å². The number of hydrogen-bond donors (Lipinski definition) is 2. The molecule has 29 heavy (non-hydrogen) atoms. The zero-order valence-corrected chi connectivity index (χ0v) is 16.1. The first-order valence-electron chi connectivity index (χ1n) is 9.25. The highest BCUT2D eigenvalue weighted by Crippen LogP contribution is 2.27. The number of carboxylic acid groups (broad SMARTS) is 1. The van der Waals surface area contributed by atoms with E-state index in [1.54, 1.807) is 12.1 Å². The number of para-hydroxylation sites is 1. The maximum Gasteiger partial charge on any atom is 0.303 e. The molecule has 0 aliphatic heterocycles. The number of methoxy groups -OCH3 is 1. The van der Waals surface area contributed by atoms with Crippen molar-refractivity contribution >= 4 is 22.8 Å². The van der Waals surface area contributed by atoms with Crippen molar-refractivity contribution in [2.75, 3.05) is 20.5 Å². The average molecular weight is 397 g/mol. The number of nitrogens with one attached hydrogen (secondary N) is 1. The Morgan fingerprint density at radius 1 is 1.14 bits per heavy atom. The van der Waals surface area contributed by atoms with Crippen LogP contribution in [0.4, 0.5) is 0 Å². The number of aliphatic carboxylic acids is 1. The van der Waals surface area contributed by atoms with Crippen molar-refractivity contribution < 1.29 is 28.6 Å². The highest BCUT2D eigenvalue weighted by molar-refractivity contribution is 5.95. The van der Waals surface area contributed by atoms with Gasteiger partial charge < -0.3 is 24.3 Å². The number of rotatable bonds is 10. The lowest BCUT2D eigenvalue weighted by Gasteiger charge is -2.18. The van der Waals surface area contributed by atoms with E-state index >= 15 is 0 Å². The molecule has 0 spiro atoms. The van der Waals surface area contributed by atoms with Crippen molar-refractivity contribution in [3.63, 3.8) is 0 Å². The molecule has 0 bridgehead atoms. The van der Waals surface area contributed by atoms with Crippen LogP contribution in [0.3, 0.4) is 0 Å². The molecule has 7 heteroatoms. The van der Waals surface area contributed by atoms with Crippen LogP contribution in [-0.2, 0) is 14.3 Å². The molecule has 0 saturated heterocycles. The lowest BCUT2D eigenvalue weighted by molar-refractivity contribution is -0.137. The maximum atomic E-state index is 12.6. The lowest BCUT2D eigenvalue weighted by atomic mass is 10.1. The molecule has 3 aromatic rings. The van der Waals surface area contributed by atoms with Crippen molar-refractivity contribution in [1.82, 2.24) is 5.32 Å². The Hall–Kier alpha value is -3.16. The van der Waals surface area contributed by atoms with Crippen LogP contribution >= 0.6 is 0 Å². The fourth-order valence-electron chi connectivity index (χ4n) is 2.95. The number of benzene rings is 2. The normalized spacial score (nSPS) is 12.0. The molecule has 0 aliphatic carbocycles. The summed E-state index contributed by atoms with van der Waals surface area (Å²) in [5, 5.41) is 12.7. The van der Waals surface area contributed by atoms with Crippen LogP contribution in [0.5, 0.6) is 0 Å². The van der Waals surface area contributed by atoms with Gasteiger partial charge in [0.25, 0.3) is 5.91 Å². The first-order chi connectivity index (χ1) is 14.1. The third-order valence-corrected chi connectivity index (χ3v) is 4.42. The van der Waals surface area contributed by atoms with Crippen LogP contribution < -0.4 is 5.32 Å². The number of carbonyl (C=O) groups is 2. The van der Waals surface area contributed by atoms with Gasteiger partial charge in [0.2, 0.25) is 0 Å². The molecule has 1 amide bonds. The second-order valence-electron chi connectivity index (χ2n) is 6.61. The molecule has 0 radical (unpaired) electrons. The van der Waals surface area contributed by atoms with Crippen LogP contribution in [-0.4, -0.2) is 43.5 Å². The Morgan fingerprint density at radius 2 is 1.90 bits per heavy atom. The van der Waals surface area contributed by atoms with E-state index in [-0.39, 0.29) is 32.1 Å². The summed E-state index contributed by atoms with van der Waals surface area (Å²) in [7, 11) is 1.49. The van der Waals surface area contributed by atoms with Gasteiger partial charge in [0.1, 0.15) is 18.1 Å². The Kier molecular flexibility index (Phi) is 6.99. The molecule has 1 heterocycles. The summed E-state index contributed by atoms with van der Waals surface area (Å²) in [4.78, 5) is 23.4. The summed E-state index contributed by atoms with van der Waals surface area (Å²) in [5.74, 6) is -0.491. The van der Waals surface area contributed by atoms with Crippen molar-refractivity contribution in [3.05, 3.63) is 60.2 Å². The summed E-state index contributed by atoms with van der Waals surface area (Å²) < 4.78 is 15.9. The van der Waals surface area contributed by atoms with Crippen molar-refractivity contribution in [2.24, 2.45) is 0 Å². The van der Waals surface area contributed by atoms with Gasteiger partial charge in [-0.25, -0.2) is 0 Å². The van der Waals surface area contributed by atoms with E-state index in [9.17, 15) is 9.59 Å². The van der Waals surface area contributed by atoms with Crippen LogP contribution in [0.15, 0.2) is 59.0 Å². The highest BCUT2D eigenvalue weighted by Gasteiger charge is 2.16. The van der Waals surface area contributed by atoms with Crippen molar-refractivity contribution in [1.29, 1.82) is 0 Å². The molecule has 1 unspecified atom stereocenters. The van der Waals surface area contributed by atoms with Crippen LogP contribution in [0, 0.1) is 0 Å². The number of carbonyl (C=O) groups excluding carboxylic acids is 1. The molecule has 1 atom stereocenters. The maximum absolute atomic E-state index is 12.6. The minimum atomic E-state index is -0.925. The summed E-state index contributed by atoms with van der Waals surface area (Å²) in [5.41, 5.74) is 2.14. The van der Waals surface area contributed by atoms with Crippen molar-refractivity contribution in [2.45, 2.75) is 18.9 Å². The van der Waals surface area contributed by atoms with Crippen LogP contribution in [0.25, 0.3) is 22.3 Å². The van der Waals surface area contributed by atoms with Gasteiger partial charge in [-0.2, -0.15) is 0 Å². The summed E-state index contributed by atoms with van der Waals surface area (Å²) in [6.45, 7) is 0.246. The number of ether oxygens (including phenoxy) is 2. The SMILES string of the molecule is COCOCC(CCC(=O)O)NC(=O)c1ccc(-c2cc3ccccc3o2)cc1. The summed E-state index contributed by atoms with van der Waals surface area (Å²) in [6, 6.07) is 16.3. The first kappa shape index (κ1) is 20.6. The van der Waals surface area contributed by atoms with E-state index in [0.717, 1.165) is 22.3 Å². The Balaban J connectivity index is 1.66. The minimum absolute atomic E-state index is 0.0632. The summed E-state index contributed by atoms with van der Waals surface area (Å²) in [6.07, 6.45) is 0.203. The van der Waals surface area contributed by atoms with Gasteiger partial charge >= 0.3 is 5.97 Å². The first-order valence-corrected chi connectivity index (χ1v) is 9.25. The molecule has 2 aromatic carbocycles. The van der Waals surface area contributed by atoms with E-state index < -0.39 is 12.0 Å². The predicted molar refractivity (Wildman–Crippen MR) is 108 cm³/mol. The summed E-state index contributed by atoms with van der Waals surface area (Å²) >= 11 is 0. The van der Waals surface area contributed by atoms with Gasteiger partial charge in [-0.1, -0.05) is 30.3 Å². The third-order valence-electron chi connectivity index (χ3n) is 4.42. The second-order valence-corrected chi connectivity index (χ2v) is 6.61. The molecule has 0 saturated carbocycles. The monoisotopic (exact) mass is 397 g/mol. The molecule has 0 aliphatic rings. The quantitative estimate of drug-likeness (QED) is 0.400. The fraction of sp³-hybridized carbons (Fsp3) is 0.273.